The quantitative estimate of drug-likeness (QED) is 0.871. The molecule has 1 aliphatic rings. The van der Waals surface area contributed by atoms with E-state index in [1.54, 1.807) is 11.3 Å². The molecule has 1 N–H and O–H groups in total. The molecule has 0 bridgehead atoms. The molecule has 0 radical (unpaired) electrons. The topological polar surface area (TPSA) is 29.1 Å². The molecule has 4 heteroatoms. The van der Waals surface area contributed by atoms with Gasteiger partial charge in [0.2, 0.25) is 5.91 Å². The van der Waals surface area contributed by atoms with E-state index >= 15 is 0 Å². The first-order valence-corrected chi connectivity index (χ1v) is 8.54. The van der Waals surface area contributed by atoms with Gasteiger partial charge in [0.05, 0.1) is 6.42 Å². The lowest BCUT2D eigenvalue weighted by Crippen LogP contribution is -2.33. The van der Waals surface area contributed by atoms with E-state index in [-0.39, 0.29) is 5.91 Å². The summed E-state index contributed by atoms with van der Waals surface area (Å²) in [4.78, 5) is 14.3. The summed E-state index contributed by atoms with van der Waals surface area (Å²) in [5, 5.41) is 3.88. The Balaban J connectivity index is 1.61. The fourth-order valence-corrected chi connectivity index (χ4v) is 3.89. The number of nitrogens with one attached hydrogen (secondary N) is 1. The molecule has 1 heterocycles. The molecular formula is C17H18ClNOS. The summed E-state index contributed by atoms with van der Waals surface area (Å²) in [5.41, 5.74) is 1.15. The average molecular weight is 320 g/mol. The highest BCUT2D eigenvalue weighted by atomic mass is 35.5. The van der Waals surface area contributed by atoms with Crippen LogP contribution in [0, 0.1) is 0 Å². The van der Waals surface area contributed by atoms with Gasteiger partial charge in [-0.25, -0.2) is 0 Å². The first-order chi connectivity index (χ1) is 10.2. The molecule has 2 aromatic rings. The first-order valence-electron chi connectivity index (χ1n) is 7.35. The number of benzene rings is 1. The minimum absolute atomic E-state index is 0.145. The van der Waals surface area contributed by atoms with Gasteiger partial charge in [-0.3, -0.25) is 4.79 Å². The third kappa shape index (κ3) is 3.86. The van der Waals surface area contributed by atoms with Crippen LogP contribution >= 0.6 is 22.9 Å². The summed E-state index contributed by atoms with van der Waals surface area (Å²) >= 11 is 7.58. The molecule has 1 aromatic carbocycles. The highest BCUT2D eigenvalue weighted by molar-refractivity contribution is 7.15. The SMILES string of the molecule is O=C(Cc1ccc(-c2ccc(Cl)cc2)s1)NC1CCCC1. The molecule has 3 rings (SSSR count). The van der Waals surface area contributed by atoms with Crippen molar-refractivity contribution in [3.63, 3.8) is 0 Å². The Morgan fingerprint density at radius 2 is 1.86 bits per heavy atom. The van der Waals surface area contributed by atoms with Crippen molar-refractivity contribution in [1.82, 2.24) is 5.32 Å². The van der Waals surface area contributed by atoms with Crippen molar-refractivity contribution >= 4 is 28.8 Å². The number of thiophene rings is 1. The Hall–Kier alpha value is -1.32. The van der Waals surface area contributed by atoms with Crippen LogP contribution in [0.5, 0.6) is 0 Å². The van der Waals surface area contributed by atoms with Gasteiger partial charge in [0.15, 0.2) is 0 Å². The maximum absolute atomic E-state index is 12.0. The van der Waals surface area contributed by atoms with Crippen LogP contribution in [0.25, 0.3) is 10.4 Å². The van der Waals surface area contributed by atoms with E-state index in [4.69, 9.17) is 11.6 Å². The van der Waals surface area contributed by atoms with E-state index < -0.39 is 0 Å². The summed E-state index contributed by atoms with van der Waals surface area (Å²) in [5.74, 6) is 0.145. The molecule has 0 spiro atoms. The van der Waals surface area contributed by atoms with Gasteiger partial charge in [0.25, 0.3) is 0 Å². The lowest BCUT2D eigenvalue weighted by Gasteiger charge is -2.10. The van der Waals surface area contributed by atoms with Crippen LogP contribution < -0.4 is 5.32 Å². The molecule has 1 aromatic heterocycles. The van der Waals surface area contributed by atoms with Gasteiger partial charge in [-0.1, -0.05) is 36.6 Å². The van der Waals surface area contributed by atoms with Crippen LogP contribution in [0.2, 0.25) is 5.02 Å². The molecule has 2 nitrogen and oxygen atoms in total. The van der Waals surface area contributed by atoms with E-state index in [9.17, 15) is 4.79 Å². The lowest BCUT2D eigenvalue weighted by atomic mass is 10.2. The third-order valence-corrected chi connectivity index (χ3v) is 5.23. The van der Waals surface area contributed by atoms with Crippen LogP contribution in [0.4, 0.5) is 0 Å². The van der Waals surface area contributed by atoms with Gasteiger partial charge < -0.3 is 5.32 Å². The Bertz CT molecular complexity index is 614. The van der Waals surface area contributed by atoms with Crippen molar-refractivity contribution in [1.29, 1.82) is 0 Å². The predicted molar refractivity (Wildman–Crippen MR) is 88.9 cm³/mol. The molecule has 0 atom stereocenters. The molecule has 1 saturated carbocycles. The second kappa shape index (κ2) is 6.63. The van der Waals surface area contributed by atoms with Crippen LogP contribution in [-0.2, 0) is 11.2 Å². The summed E-state index contributed by atoms with van der Waals surface area (Å²) in [6, 6.07) is 12.3. The Kier molecular flexibility index (Phi) is 4.61. The highest BCUT2D eigenvalue weighted by Crippen LogP contribution is 2.29. The Morgan fingerprint density at radius 3 is 2.57 bits per heavy atom. The summed E-state index contributed by atoms with van der Waals surface area (Å²) in [7, 11) is 0. The number of carbonyl (C=O) groups is 1. The molecule has 1 amide bonds. The van der Waals surface area contributed by atoms with Gasteiger partial charge in [-0.05, 0) is 42.7 Å². The number of carbonyl (C=O) groups excluding carboxylic acids is 1. The van der Waals surface area contributed by atoms with Crippen molar-refractivity contribution in [3.8, 4) is 10.4 Å². The van der Waals surface area contributed by atoms with Crippen LogP contribution in [0.1, 0.15) is 30.6 Å². The molecule has 110 valence electrons. The maximum Gasteiger partial charge on any atom is 0.225 e. The van der Waals surface area contributed by atoms with E-state index in [1.807, 2.05) is 30.3 Å². The van der Waals surface area contributed by atoms with Gasteiger partial charge in [-0.2, -0.15) is 0 Å². The smallest absolute Gasteiger partial charge is 0.225 e. The first kappa shape index (κ1) is 14.6. The molecule has 1 aliphatic carbocycles. The number of hydrogen-bond donors (Lipinski definition) is 1. The van der Waals surface area contributed by atoms with Crippen molar-refractivity contribution in [3.05, 3.63) is 46.3 Å². The third-order valence-electron chi connectivity index (χ3n) is 3.85. The van der Waals surface area contributed by atoms with E-state index in [2.05, 4.69) is 11.4 Å². The molecule has 0 aliphatic heterocycles. The van der Waals surface area contributed by atoms with Crippen molar-refractivity contribution in [2.45, 2.75) is 38.1 Å². The van der Waals surface area contributed by atoms with Gasteiger partial charge in [0, 0.05) is 20.8 Å². The Labute approximate surface area is 134 Å². The fourth-order valence-electron chi connectivity index (χ4n) is 2.75. The fraction of sp³-hybridized carbons (Fsp3) is 0.353. The molecule has 21 heavy (non-hydrogen) atoms. The zero-order valence-electron chi connectivity index (χ0n) is 11.8. The monoisotopic (exact) mass is 319 g/mol. The number of halogens is 1. The van der Waals surface area contributed by atoms with Crippen molar-refractivity contribution in [2.24, 2.45) is 0 Å². The normalized spacial score (nSPS) is 15.3. The number of hydrogen-bond acceptors (Lipinski definition) is 2. The molecular weight excluding hydrogens is 302 g/mol. The number of amides is 1. The van der Waals surface area contributed by atoms with Crippen LogP contribution in [0.3, 0.4) is 0 Å². The molecule has 0 unspecified atom stereocenters. The van der Waals surface area contributed by atoms with E-state index in [1.165, 1.54) is 17.7 Å². The van der Waals surface area contributed by atoms with Gasteiger partial charge in [-0.15, -0.1) is 11.3 Å². The lowest BCUT2D eigenvalue weighted by molar-refractivity contribution is -0.121. The van der Waals surface area contributed by atoms with E-state index in [0.29, 0.717) is 12.5 Å². The molecule has 0 saturated heterocycles. The summed E-state index contributed by atoms with van der Waals surface area (Å²) in [6.07, 6.45) is 5.22. The standard InChI is InChI=1S/C17H18ClNOS/c18-13-7-5-12(6-8-13)16-10-9-15(21-16)11-17(20)19-14-3-1-2-4-14/h5-10,14H,1-4,11H2,(H,19,20). The largest absolute Gasteiger partial charge is 0.353 e. The maximum atomic E-state index is 12.0. The zero-order chi connectivity index (χ0) is 14.7. The average Bonchev–Trinajstić information content (AvgIpc) is 3.11. The number of rotatable bonds is 4. The zero-order valence-corrected chi connectivity index (χ0v) is 13.3. The van der Waals surface area contributed by atoms with Crippen molar-refractivity contribution in [2.75, 3.05) is 0 Å². The van der Waals surface area contributed by atoms with Crippen LogP contribution in [0.15, 0.2) is 36.4 Å². The second-order valence-electron chi connectivity index (χ2n) is 5.50. The van der Waals surface area contributed by atoms with Gasteiger partial charge >= 0.3 is 0 Å². The minimum Gasteiger partial charge on any atom is -0.353 e. The van der Waals surface area contributed by atoms with Crippen LogP contribution in [-0.4, -0.2) is 11.9 Å². The second-order valence-corrected chi connectivity index (χ2v) is 7.10. The minimum atomic E-state index is 0.145. The predicted octanol–water partition coefficient (Wildman–Crippen LogP) is 4.67. The highest BCUT2D eigenvalue weighted by Gasteiger charge is 2.17. The molecule has 1 fully saturated rings. The summed E-state index contributed by atoms with van der Waals surface area (Å²) in [6.45, 7) is 0. The Morgan fingerprint density at radius 1 is 1.14 bits per heavy atom. The van der Waals surface area contributed by atoms with Crippen molar-refractivity contribution < 1.29 is 4.79 Å². The summed E-state index contributed by atoms with van der Waals surface area (Å²) < 4.78 is 0. The van der Waals surface area contributed by atoms with E-state index in [0.717, 1.165) is 28.3 Å². The van der Waals surface area contributed by atoms with Gasteiger partial charge in [0.1, 0.15) is 0 Å².